The highest BCUT2D eigenvalue weighted by molar-refractivity contribution is 7.07. The minimum Gasteiger partial charge on any atom is -0.352 e. The Morgan fingerprint density at radius 3 is 2.64 bits per heavy atom. The van der Waals surface area contributed by atoms with Crippen LogP contribution in [0.15, 0.2) is 23.0 Å². The van der Waals surface area contributed by atoms with Gasteiger partial charge in [0.05, 0.1) is 6.54 Å². The van der Waals surface area contributed by atoms with Crippen molar-refractivity contribution in [3.8, 4) is 6.07 Å². The Morgan fingerprint density at radius 2 is 2.00 bits per heavy atom. The summed E-state index contributed by atoms with van der Waals surface area (Å²) in [6.45, 7) is 7.34. The molecule has 176 valence electrons. The number of likely N-dealkylation sites (N-methyl/N-ethyl adjacent to an activating group) is 1. The van der Waals surface area contributed by atoms with E-state index in [-0.39, 0.29) is 23.6 Å². The summed E-state index contributed by atoms with van der Waals surface area (Å²) in [4.78, 5) is 43.4. The molecule has 0 aromatic carbocycles. The number of rotatable bonds is 10. The molecule has 11 heteroatoms. The first-order valence-electron chi connectivity index (χ1n) is 10.7. The maximum atomic E-state index is 12.8. The van der Waals surface area contributed by atoms with Crippen LogP contribution in [-0.2, 0) is 16.1 Å². The van der Waals surface area contributed by atoms with Gasteiger partial charge in [-0.15, -0.1) is 11.3 Å². The van der Waals surface area contributed by atoms with Gasteiger partial charge in [0, 0.05) is 19.3 Å². The Balaban J connectivity index is 2.30. The molecule has 0 atom stereocenters. The molecule has 2 amide bonds. The number of amides is 2. The van der Waals surface area contributed by atoms with E-state index >= 15 is 0 Å². The van der Waals surface area contributed by atoms with E-state index in [4.69, 9.17) is 0 Å². The Labute approximate surface area is 196 Å². The van der Waals surface area contributed by atoms with E-state index in [0.717, 1.165) is 24.3 Å². The smallest absolute Gasteiger partial charge is 0.270 e. The fourth-order valence-electron chi connectivity index (χ4n) is 3.05. The second kappa shape index (κ2) is 12.5. The topological polar surface area (TPSA) is 132 Å². The summed E-state index contributed by atoms with van der Waals surface area (Å²) < 4.78 is 2.01. The van der Waals surface area contributed by atoms with Crippen LogP contribution < -0.4 is 30.7 Å². The summed E-state index contributed by atoms with van der Waals surface area (Å²) in [5.74, 6) is 0.133. The molecule has 0 unspecified atom stereocenters. The molecule has 0 aliphatic heterocycles. The van der Waals surface area contributed by atoms with Gasteiger partial charge in [-0.2, -0.15) is 5.26 Å². The Hall–Kier alpha value is -3.49. The second-order valence-electron chi connectivity index (χ2n) is 7.15. The number of aromatic nitrogens is 2. The largest absolute Gasteiger partial charge is 0.352 e. The van der Waals surface area contributed by atoms with Crippen LogP contribution in [0.25, 0.3) is 11.8 Å². The minimum atomic E-state index is -0.516. The van der Waals surface area contributed by atoms with Crippen LogP contribution in [0.5, 0.6) is 0 Å². The van der Waals surface area contributed by atoms with E-state index in [2.05, 4.69) is 20.9 Å². The first kappa shape index (κ1) is 25.8. The number of thiazole rings is 1. The molecule has 0 aliphatic rings. The van der Waals surface area contributed by atoms with Gasteiger partial charge >= 0.3 is 0 Å². The molecular formula is C22H29N7O3S. The zero-order chi connectivity index (χ0) is 24.4. The molecule has 0 saturated heterocycles. The van der Waals surface area contributed by atoms with Crippen LogP contribution >= 0.6 is 11.3 Å². The van der Waals surface area contributed by atoms with Gasteiger partial charge in [0.15, 0.2) is 5.57 Å². The fraction of sp³-hybridized carbons (Fsp3) is 0.409. The lowest BCUT2D eigenvalue weighted by Crippen LogP contribution is -2.34. The van der Waals surface area contributed by atoms with Crippen molar-refractivity contribution in [2.24, 2.45) is 0 Å². The molecule has 33 heavy (non-hydrogen) atoms. The molecule has 10 nitrogen and oxygen atoms in total. The zero-order valence-corrected chi connectivity index (χ0v) is 20.1. The second-order valence-corrected chi connectivity index (χ2v) is 8.18. The lowest BCUT2D eigenvalue weighted by atomic mass is 10.3. The summed E-state index contributed by atoms with van der Waals surface area (Å²) in [7, 11) is 1.88. The quantitative estimate of drug-likeness (QED) is 0.453. The van der Waals surface area contributed by atoms with E-state index in [9.17, 15) is 19.6 Å². The van der Waals surface area contributed by atoms with E-state index in [0.29, 0.717) is 33.9 Å². The van der Waals surface area contributed by atoms with Gasteiger partial charge < -0.3 is 16.0 Å². The fourth-order valence-corrected chi connectivity index (χ4v) is 4.14. The van der Waals surface area contributed by atoms with Crippen LogP contribution in [0.2, 0.25) is 0 Å². The van der Waals surface area contributed by atoms with Crippen molar-refractivity contribution in [1.29, 1.82) is 5.26 Å². The number of nitrogens with one attached hydrogen (secondary N) is 3. The first-order valence-corrected chi connectivity index (χ1v) is 11.5. The highest BCUT2D eigenvalue weighted by atomic mass is 32.1. The maximum Gasteiger partial charge on any atom is 0.270 e. The molecule has 2 aromatic heterocycles. The molecule has 3 N–H and O–H groups in total. The lowest BCUT2D eigenvalue weighted by molar-refractivity contribution is -0.117. The Morgan fingerprint density at radius 1 is 1.27 bits per heavy atom. The van der Waals surface area contributed by atoms with Gasteiger partial charge in [-0.1, -0.05) is 13.0 Å². The maximum absolute atomic E-state index is 12.8. The van der Waals surface area contributed by atoms with Crippen molar-refractivity contribution in [2.75, 3.05) is 37.3 Å². The van der Waals surface area contributed by atoms with Crippen molar-refractivity contribution in [3.05, 3.63) is 37.7 Å². The molecule has 0 spiro atoms. The predicted molar refractivity (Wildman–Crippen MR) is 130 cm³/mol. The average Bonchev–Trinajstić information content (AvgIpc) is 3.08. The molecule has 0 saturated carbocycles. The van der Waals surface area contributed by atoms with Crippen LogP contribution in [0.3, 0.4) is 0 Å². The summed E-state index contributed by atoms with van der Waals surface area (Å²) in [6, 6.07) is 7.01. The SMILES string of the molecule is CCCN(C)CC(=O)Nc1cccc(NC=c2sc(=C(C#N)C(=O)NCC)n(CC)c2=O)n1. The number of pyridine rings is 1. The summed E-state index contributed by atoms with van der Waals surface area (Å²) in [6.07, 6.45) is 2.44. The Kier molecular flexibility index (Phi) is 9.78. The normalized spacial score (nSPS) is 12.3. The third-order valence-electron chi connectivity index (χ3n) is 4.50. The molecule has 0 aliphatic carbocycles. The zero-order valence-electron chi connectivity index (χ0n) is 19.3. The molecule has 0 fully saturated rings. The van der Waals surface area contributed by atoms with E-state index in [1.807, 2.05) is 24.9 Å². The Bertz CT molecular complexity index is 1210. The summed E-state index contributed by atoms with van der Waals surface area (Å²) >= 11 is 1.05. The molecule has 2 aromatic rings. The predicted octanol–water partition coefficient (Wildman–Crippen LogP) is 0.265. The van der Waals surface area contributed by atoms with E-state index in [1.54, 1.807) is 32.0 Å². The van der Waals surface area contributed by atoms with Crippen molar-refractivity contribution < 1.29 is 9.59 Å². The van der Waals surface area contributed by atoms with Crippen LogP contribution in [0.1, 0.15) is 27.2 Å². The number of carbonyl (C=O) groups excluding carboxylic acids is 2. The van der Waals surface area contributed by atoms with Crippen LogP contribution in [-0.4, -0.2) is 52.9 Å². The van der Waals surface area contributed by atoms with Crippen LogP contribution in [0.4, 0.5) is 11.6 Å². The van der Waals surface area contributed by atoms with Crippen molar-refractivity contribution in [1.82, 2.24) is 19.8 Å². The molecule has 2 rings (SSSR count). The van der Waals surface area contributed by atoms with Gasteiger partial charge in [-0.3, -0.25) is 23.9 Å². The third-order valence-corrected chi connectivity index (χ3v) is 5.63. The standard InChI is InChI=1S/C22H29N7O3S/c1-5-11-28(4)14-19(30)27-18-10-8-9-17(26-18)25-13-16-21(32)29(7-3)22(33-16)15(12-23)20(31)24-6-2/h8-10,13H,5-7,11,14H2,1-4H3,(H,24,31)(H2,25,26,27,30). The molecular weight excluding hydrogens is 442 g/mol. The van der Waals surface area contributed by atoms with Crippen molar-refractivity contribution >= 4 is 46.6 Å². The summed E-state index contributed by atoms with van der Waals surface area (Å²) in [5, 5.41) is 17.8. The third kappa shape index (κ3) is 7.00. The van der Waals surface area contributed by atoms with E-state index < -0.39 is 5.91 Å². The van der Waals surface area contributed by atoms with Gasteiger partial charge in [-0.05, 0) is 46.0 Å². The van der Waals surface area contributed by atoms with Gasteiger partial charge in [0.2, 0.25) is 5.91 Å². The van der Waals surface area contributed by atoms with Gasteiger partial charge in [0.25, 0.3) is 11.5 Å². The average molecular weight is 472 g/mol. The summed E-state index contributed by atoms with van der Waals surface area (Å²) in [5.41, 5.74) is -0.415. The number of anilines is 2. The van der Waals surface area contributed by atoms with Crippen LogP contribution in [0, 0.1) is 11.3 Å². The number of nitrogens with zero attached hydrogens (tertiary/aromatic N) is 4. The monoisotopic (exact) mass is 471 g/mol. The number of carbonyl (C=O) groups is 2. The number of hydrogen-bond donors (Lipinski definition) is 3. The first-order chi connectivity index (χ1) is 15.8. The number of nitriles is 1. The lowest BCUT2D eigenvalue weighted by Gasteiger charge is -2.14. The molecule has 2 heterocycles. The van der Waals surface area contributed by atoms with Crippen molar-refractivity contribution in [2.45, 2.75) is 33.7 Å². The number of hydrogen-bond acceptors (Lipinski definition) is 8. The highest BCUT2D eigenvalue weighted by Crippen LogP contribution is 2.09. The molecule has 0 radical (unpaired) electrons. The van der Waals surface area contributed by atoms with Gasteiger partial charge in [-0.25, -0.2) is 4.98 Å². The highest BCUT2D eigenvalue weighted by Gasteiger charge is 2.14. The van der Waals surface area contributed by atoms with Gasteiger partial charge in [0.1, 0.15) is 26.9 Å². The van der Waals surface area contributed by atoms with E-state index in [1.165, 1.54) is 10.8 Å². The van der Waals surface area contributed by atoms with Crippen molar-refractivity contribution in [3.63, 3.8) is 0 Å². The minimum absolute atomic E-state index is 0.101. The molecule has 0 bridgehead atoms.